The fraction of sp³-hybridized carbons (Fsp3) is 0.385. The van der Waals surface area contributed by atoms with E-state index >= 15 is 0 Å². The lowest BCUT2D eigenvalue weighted by atomic mass is 10.2. The van der Waals surface area contributed by atoms with Crippen LogP contribution in [0.25, 0.3) is 0 Å². The molecule has 0 saturated carbocycles. The minimum atomic E-state index is -0.523. The summed E-state index contributed by atoms with van der Waals surface area (Å²) in [7, 11) is 1.35. The number of esters is 1. The van der Waals surface area contributed by atoms with Gasteiger partial charge in [-0.3, -0.25) is 0 Å². The van der Waals surface area contributed by atoms with Crippen LogP contribution in [0.5, 0.6) is 0 Å². The molecule has 1 aliphatic rings. The van der Waals surface area contributed by atoms with E-state index in [1.165, 1.54) is 7.11 Å². The van der Waals surface area contributed by atoms with Crippen molar-refractivity contribution in [2.75, 3.05) is 13.7 Å². The highest BCUT2D eigenvalue weighted by Gasteiger charge is 2.26. The van der Waals surface area contributed by atoms with Crippen LogP contribution in [0.4, 0.5) is 0 Å². The maximum Gasteiger partial charge on any atom is 0.334 e. The number of carbonyl (C=O) groups excluding carboxylic acids is 1. The zero-order chi connectivity index (χ0) is 12.7. The fourth-order valence-corrected chi connectivity index (χ4v) is 1.37. The van der Waals surface area contributed by atoms with Gasteiger partial charge >= 0.3 is 5.97 Å². The van der Waals surface area contributed by atoms with Crippen LogP contribution >= 0.6 is 0 Å². The molecule has 0 aromatic heterocycles. The second-order valence-electron chi connectivity index (χ2n) is 3.15. The van der Waals surface area contributed by atoms with Crippen molar-refractivity contribution in [1.82, 2.24) is 0 Å². The number of methoxy groups -OCH3 is 1. The smallest absolute Gasteiger partial charge is 0.334 e. The van der Waals surface area contributed by atoms with Gasteiger partial charge < -0.3 is 9.47 Å². The number of carbonyl (C=O) groups is 1. The zero-order valence-electron chi connectivity index (χ0n) is 10.3. The SMILES string of the molecule is CC.COC(=O)C1COC(c2ccccc2)=N1. The average Bonchev–Trinajstić information content (AvgIpc) is 2.91. The normalized spacial score (nSPS) is 17.4. The lowest BCUT2D eigenvalue weighted by Crippen LogP contribution is -2.21. The van der Waals surface area contributed by atoms with E-state index in [1.54, 1.807) is 0 Å². The molecule has 1 atom stereocenters. The summed E-state index contributed by atoms with van der Waals surface area (Å²) >= 11 is 0. The molecule has 1 aromatic rings. The van der Waals surface area contributed by atoms with Gasteiger partial charge in [0.05, 0.1) is 7.11 Å². The summed E-state index contributed by atoms with van der Waals surface area (Å²) in [4.78, 5) is 15.3. The third-order valence-electron chi connectivity index (χ3n) is 2.15. The molecule has 0 amide bonds. The Hall–Kier alpha value is -1.84. The van der Waals surface area contributed by atoms with Gasteiger partial charge in [-0.15, -0.1) is 0 Å². The molecule has 2 rings (SSSR count). The number of nitrogens with zero attached hydrogens (tertiary/aromatic N) is 1. The van der Waals surface area contributed by atoms with E-state index in [9.17, 15) is 4.79 Å². The van der Waals surface area contributed by atoms with Crippen molar-refractivity contribution in [2.24, 2.45) is 4.99 Å². The number of hydrogen-bond acceptors (Lipinski definition) is 4. The van der Waals surface area contributed by atoms with Gasteiger partial charge in [0.25, 0.3) is 0 Å². The first-order chi connectivity index (χ1) is 8.31. The van der Waals surface area contributed by atoms with Crippen molar-refractivity contribution in [2.45, 2.75) is 19.9 Å². The van der Waals surface area contributed by atoms with E-state index in [0.717, 1.165) is 5.56 Å². The summed E-state index contributed by atoms with van der Waals surface area (Å²) in [6, 6.07) is 8.96. The quantitative estimate of drug-likeness (QED) is 0.737. The Morgan fingerprint density at radius 2 is 2.00 bits per heavy atom. The van der Waals surface area contributed by atoms with Crippen molar-refractivity contribution in [3.8, 4) is 0 Å². The molecule has 1 unspecified atom stereocenters. The van der Waals surface area contributed by atoms with Crippen LogP contribution in [-0.4, -0.2) is 31.6 Å². The third kappa shape index (κ3) is 3.31. The Morgan fingerprint density at radius 1 is 1.35 bits per heavy atom. The predicted octanol–water partition coefficient (Wildman–Crippen LogP) is 2.03. The van der Waals surface area contributed by atoms with Crippen LogP contribution in [0.2, 0.25) is 0 Å². The molecule has 0 fully saturated rings. The molecular formula is C13H17NO3. The molecule has 4 heteroatoms. The maximum atomic E-state index is 11.2. The van der Waals surface area contributed by atoms with E-state index in [-0.39, 0.29) is 12.6 Å². The monoisotopic (exact) mass is 235 g/mol. The summed E-state index contributed by atoms with van der Waals surface area (Å²) in [6.07, 6.45) is 0. The lowest BCUT2D eigenvalue weighted by Gasteiger charge is -2.00. The van der Waals surface area contributed by atoms with Gasteiger partial charge in [0.15, 0.2) is 6.04 Å². The molecular weight excluding hydrogens is 218 g/mol. The van der Waals surface area contributed by atoms with Crippen molar-refractivity contribution in [3.05, 3.63) is 35.9 Å². The van der Waals surface area contributed by atoms with Crippen LogP contribution in [0, 0.1) is 0 Å². The van der Waals surface area contributed by atoms with Crippen molar-refractivity contribution < 1.29 is 14.3 Å². The highest BCUT2D eigenvalue weighted by Crippen LogP contribution is 2.12. The molecule has 0 radical (unpaired) electrons. The average molecular weight is 235 g/mol. The second kappa shape index (κ2) is 6.68. The second-order valence-corrected chi connectivity index (χ2v) is 3.15. The van der Waals surface area contributed by atoms with Gasteiger partial charge in [0.2, 0.25) is 5.90 Å². The Labute approximate surface area is 101 Å². The van der Waals surface area contributed by atoms with Crippen LogP contribution in [0.1, 0.15) is 19.4 Å². The molecule has 1 aromatic carbocycles. The molecule has 4 nitrogen and oxygen atoms in total. The van der Waals surface area contributed by atoms with E-state index < -0.39 is 6.04 Å². The number of aliphatic imine (C=N–C) groups is 1. The van der Waals surface area contributed by atoms with E-state index in [0.29, 0.717) is 5.90 Å². The Kier molecular flexibility index (Phi) is 5.20. The third-order valence-corrected chi connectivity index (χ3v) is 2.15. The molecule has 0 saturated heterocycles. The largest absolute Gasteiger partial charge is 0.475 e. The Balaban J connectivity index is 0.000000686. The standard InChI is InChI=1S/C11H11NO3.C2H6/c1-14-11(13)9-7-15-10(12-9)8-5-3-2-4-6-8;1-2/h2-6,9H,7H2,1H3;1-2H3. The topological polar surface area (TPSA) is 47.9 Å². The first-order valence-corrected chi connectivity index (χ1v) is 5.65. The molecule has 0 spiro atoms. The summed E-state index contributed by atoms with van der Waals surface area (Å²) in [5.41, 5.74) is 0.879. The first kappa shape index (κ1) is 13.2. The van der Waals surface area contributed by atoms with Gasteiger partial charge in [-0.1, -0.05) is 32.0 Å². The van der Waals surface area contributed by atoms with Crippen molar-refractivity contribution >= 4 is 11.9 Å². The summed E-state index contributed by atoms with van der Waals surface area (Å²) in [6.45, 7) is 4.26. The number of hydrogen-bond donors (Lipinski definition) is 0. The molecule has 1 heterocycles. The molecule has 0 N–H and O–H groups in total. The fourth-order valence-electron chi connectivity index (χ4n) is 1.37. The summed E-state index contributed by atoms with van der Waals surface area (Å²) in [5.74, 6) is 0.145. The maximum absolute atomic E-state index is 11.2. The Morgan fingerprint density at radius 3 is 2.59 bits per heavy atom. The predicted molar refractivity (Wildman–Crippen MR) is 66.1 cm³/mol. The molecule has 92 valence electrons. The van der Waals surface area contributed by atoms with Gasteiger partial charge in [0, 0.05) is 5.56 Å². The van der Waals surface area contributed by atoms with Gasteiger partial charge in [0.1, 0.15) is 6.61 Å². The van der Waals surface area contributed by atoms with Crippen LogP contribution < -0.4 is 0 Å². The molecule has 0 aliphatic carbocycles. The first-order valence-electron chi connectivity index (χ1n) is 5.65. The van der Waals surface area contributed by atoms with Crippen molar-refractivity contribution in [1.29, 1.82) is 0 Å². The molecule has 0 bridgehead atoms. The number of ether oxygens (including phenoxy) is 2. The van der Waals surface area contributed by atoms with Crippen molar-refractivity contribution in [3.63, 3.8) is 0 Å². The lowest BCUT2D eigenvalue weighted by molar-refractivity contribution is -0.142. The van der Waals surface area contributed by atoms with Gasteiger partial charge in [-0.25, -0.2) is 9.79 Å². The van der Waals surface area contributed by atoms with E-state index in [4.69, 9.17) is 4.74 Å². The minimum Gasteiger partial charge on any atom is -0.475 e. The van der Waals surface area contributed by atoms with Crippen LogP contribution in [0.15, 0.2) is 35.3 Å². The van der Waals surface area contributed by atoms with Crippen LogP contribution in [-0.2, 0) is 14.3 Å². The zero-order valence-corrected chi connectivity index (χ0v) is 10.3. The Bertz CT molecular complexity index is 387. The summed E-state index contributed by atoms with van der Waals surface area (Å²) in [5, 5.41) is 0. The highest BCUT2D eigenvalue weighted by molar-refractivity contribution is 5.97. The minimum absolute atomic E-state index is 0.261. The van der Waals surface area contributed by atoms with Gasteiger partial charge in [-0.05, 0) is 12.1 Å². The molecule has 1 aliphatic heterocycles. The number of rotatable bonds is 2. The summed E-state index contributed by atoms with van der Waals surface area (Å²) < 4.78 is 9.92. The number of benzene rings is 1. The highest BCUT2D eigenvalue weighted by atomic mass is 16.5. The van der Waals surface area contributed by atoms with E-state index in [2.05, 4.69) is 9.73 Å². The molecule has 17 heavy (non-hydrogen) atoms. The van der Waals surface area contributed by atoms with Crippen LogP contribution in [0.3, 0.4) is 0 Å². The van der Waals surface area contributed by atoms with Gasteiger partial charge in [-0.2, -0.15) is 0 Å². The van der Waals surface area contributed by atoms with E-state index in [1.807, 2.05) is 44.2 Å².